The van der Waals surface area contributed by atoms with Crippen molar-refractivity contribution in [3.05, 3.63) is 59.0 Å². The van der Waals surface area contributed by atoms with Crippen molar-refractivity contribution in [1.29, 1.82) is 0 Å². The van der Waals surface area contributed by atoms with Crippen molar-refractivity contribution in [1.82, 2.24) is 4.57 Å². The van der Waals surface area contributed by atoms with Gasteiger partial charge in [0.05, 0.1) is 0 Å². The van der Waals surface area contributed by atoms with E-state index in [1.807, 2.05) is 30.3 Å². The maximum atomic E-state index is 12.2. The Hall–Kier alpha value is -2.41. The molecule has 24 heavy (non-hydrogen) atoms. The summed E-state index contributed by atoms with van der Waals surface area (Å²) in [4.78, 5) is 23.6. The minimum Gasteiger partial charge on any atom is -0.480 e. The van der Waals surface area contributed by atoms with Crippen LogP contribution in [0.15, 0.2) is 53.5 Å². The van der Waals surface area contributed by atoms with Crippen LogP contribution < -0.4 is 5.56 Å². The van der Waals surface area contributed by atoms with Crippen molar-refractivity contribution < 1.29 is 18.3 Å². The number of aromatic nitrogens is 1. The average molecular weight is 349 g/mol. The van der Waals surface area contributed by atoms with Gasteiger partial charge in [-0.25, -0.2) is 8.42 Å². The first-order chi connectivity index (χ1) is 11.1. The largest absolute Gasteiger partial charge is 0.480 e. The maximum absolute atomic E-state index is 12.2. The fourth-order valence-electron chi connectivity index (χ4n) is 2.29. The zero-order chi connectivity index (χ0) is 18.0. The first kappa shape index (κ1) is 17.9. The Balaban J connectivity index is 2.26. The van der Waals surface area contributed by atoms with Crippen LogP contribution in [0, 0.1) is 0 Å². The van der Waals surface area contributed by atoms with E-state index in [9.17, 15) is 23.1 Å². The first-order valence-electron chi connectivity index (χ1n) is 7.34. The predicted octanol–water partition coefficient (Wildman–Crippen LogP) is 1.79. The van der Waals surface area contributed by atoms with E-state index in [4.69, 9.17) is 0 Å². The summed E-state index contributed by atoms with van der Waals surface area (Å²) < 4.78 is 22.9. The summed E-state index contributed by atoms with van der Waals surface area (Å²) in [7, 11) is -3.81. The number of pyridine rings is 1. The third-order valence-corrected chi connectivity index (χ3v) is 6.22. The molecule has 128 valence electrons. The molecule has 1 N–H and O–H groups in total. The number of sulfone groups is 1. The second-order valence-corrected chi connectivity index (χ2v) is 8.32. The second-order valence-electron chi connectivity index (χ2n) is 5.87. The molecular formula is C17H19NO5S. The Labute approximate surface area is 140 Å². The molecule has 0 saturated carbocycles. The maximum Gasteiger partial charge on any atom is 0.324 e. The molecule has 1 aromatic heterocycles. The van der Waals surface area contributed by atoms with E-state index < -0.39 is 20.6 Å². The SMILES string of the molecule is CC(CCn1ccc(-c2ccccc2)cc1=O)(C(=O)O)S(C)(=O)=O. The van der Waals surface area contributed by atoms with E-state index in [-0.39, 0.29) is 18.5 Å². The minimum atomic E-state index is -3.81. The highest BCUT2D eigenvalue weighted by molar-refractivity contribution is 7.92. The number of nitrogens with zero attached hydrogens (tertiary/aromatic N) is 1. The molecule has 0 amide bonds. The topological polar surface area (TPSA) is 93.4 Å². The summed E-state index contributed by atoms with van der Waals surface area (Å²) in [5, 5.41) is 9.24. The predicted molar refractivity (Wildman–Crippen MR) is 91.6 cm³/mol. The van der Waals surface area contributed by atoms with Gasteiger partial charge in [-0.05, 0) is 30.5 Å². The fraction of sp³-hybridized carbons (Fsp3) is 0.294. The van der Waals surface area contributed by atoms with Crippen LogP contribution in [0.1, 0.15) is 13.3 Å². The van der Waals surface area contributed by atoms with Crippen LogP contribution in [0.25, 0.3) is 11.1 Å². The molecule has 1 atom stereocenters. The molecule has 0 saturated heterocycles. The summed E-state index contributed by atoms with van der Waals surface area (Å²) in [6.07, 6.45) is 2.25. The molecule has 0 radical (unpaired) electrons. The van der Waals surface area contributed by atoms with Crippen LogP contribution in [0.5, 0.6) is 0 Å². The highest BCUT2D eigenvalue weighted by atomic mass is 32.2. The monoisotopic (exact) mass is 349 g/mol. The van der Waals surface area contributed by atoms with Crippen molar-refractivity contribution in [2.75, 3.05) is 6.26 Å². The number of carboxylic acid groups (broad SMARTS) is 1. The molecule has 2 aromatic rings. The fourth-order valence-corrected chi connectivity index (χ4v) is 3.07. The Morgan fingerprint density at radius 1 is 1.17 bits per heavy atom. The van der Waals surface area contributed by atoms with Gasteiger partial charge in [-0.3, -0.25) is 9.59 Å². The molecule has 1 unspecified atom stereocenters. The van der Waals surface area contributed by atoms with E-state index in [0.717, 1.165) is 24.3 Å². The molecule has 0 aliphatic rings. The summed E-state index contributed by atoms with van der Waals surface area (Å²) in [5.74, 6) is -1.42. The lowest BCUT2D eigenvalue weighted by atomic mass is 10.1. The first-order valence-corrected chi connectivity index (χ1v) is 9.23. The van der Waals surface area contributed by atoms with Gasteiger partial charge in [0.25, 0.3) is 5.56 Å². The van der Waals surface area contributed by atoms with Crippen LogP contribution in [0.3, 0.4) is 0 Å². The van der Waals surface area contributed by atoms with Crippen molar-refractivity contribution in [3.63, 3.8) is 0 Å². The number of carbonyl (C=O) groups is 1. The van der Waals surface area contributed by atoms with E-state index in [1.165, 1.54) is 10.6 Å². The van der Waals surface area contributed by atoms with E-state index in [2.05, 4.69) is 0 Å². The Kier molecular flexibility index (Phi) is 4.94. The molecule has 1 heterocycles. The van der Waals surface area contributed by atoms with Crippen LogP contribution >= 0.6 is 0 Å². The zero-order valence-electron chi connectivity index (χ0n) is 13.5. The van der Waals surface area contributed by atoms with Crippen molar-refractivity contribution >= 4 is 15.8 Å². The van der Waals surface area contributed by atoms with Crippen molar-refractivity contribution in [2.24, 2.45) is 0 Å². The lowest BCUT2D eigenvalue weighted by Crippen LogP contribution is -2.44. The van der Waals surface area contributed by atoms with Crippen LogP contribution in [0.2, 0.25) is 0 Å². The molecule has 7 heteroatoms. The molecule has 2 rings (SSSR count). The second kappa shape index (κ2) is 6.60. The number of hydrogen-bond donors (Lipinski definition) is 1. The van der Waals surface area contributed by atoms with Crippen LogP contribution in [-0.4, -0.2) is 35.1 Å². The quantitative estimate of drug-likeness (QED) is 0.858. The van der Waals surface area contributed by atoms with Gasteiger partial charge in [0, 0.05) is 25.1 Å². The summed E-state index contributed by atoms with van der Waals surface area (Å²) in [6, 6.07) is 12.6. The third kappa shape index (κ3) is 3.56. The zero-order valence-corrected chi connectivity index (χ0v) is 14.3. The summed E-state index contributed by atoms with van der Waals surface area (Å²) in [5.41, 5.74) is 1.34. The number of carboxylic acids is 1. The highest BCUT2D eigenvalue weighted by Crippen LogP contribution is 2.22. The summed E-state index contributed by atoms with van der Waals surface area (Å²) >= 11 is 0. The summed E-state index contributed by atoms with van der Waals surface area (Å²) in [6.45, 7) is 1.16. The van der Waals surface area contributed by atoms with Gasteiger partial charge in [0.15, 0.2) is 14.6 Å². The number of aryl methyl sites for hydroxylation is 1. The van der Waals surface area contributed by atoms with Gasteiger partial charge in [0.1, 0.15) is 0 Å². The lowest BCUT2D eigenvalue weighted by Gasteiger charge is -2.23. The van der Waals surface area contributed by atoms with E-state index in [1.54, 1.807) is 12.3 Å². The van der Waals surface area contributed by atoms with Crippen molar-refractivity contribution in [3.8, 4) is 11.1 Å². The van der Waals surface area contributed by atoms with Crippen molar-refractivity contribution in [2.45, 2.75) is 24.6 Å². The molecule has 0 spiro atoms. The number of aliphatic carboxylic acids is 1. The van der Waals surface area contributed by atoms with E-state index >= 15 is 0 Å². The van der Waals surface area contributed by atoms with Gasteiger partial charge in [0.2, 0.25) is 0 Å². The standard InChI is InChI=1S/C17H19NO5S/c1-17(16(20)21,24(2,22)23)9-11-18-10-8-14(12-15(18)19)13-6-4-3-5-7-13/h3-8,10,12H,9,11H2,1-2H3,(H,20,21). The van der Waals surface area contributed by atoms with Gasteiger partial charge >= 0.3 is 5.97 Å². The lowest BCUT2D eigenvalue weighted by molar-refractivity contribution is -0.139. The minimum absolute atomic E-state index is 0.00374. The van der Waals surface area contributed by atoms with Gasteiger partial charge in [-0.15, -0.1) is 0 Å². The van der Waals surface area contributed by atoms with Crippen LogP contribution in [0.4, 0.5) is 0 Å². The normalized spacial score (nSPS) is 14.1. The molecule has 0 aliphatic heterocycles. The molecule has 6 nitrogen and oxygen atoms in total. The highest BCUT2D eigenvalue weighted by Gasteiger charge is 2.43. The van der Waals surface area contributed by atoms with Gasteiger partial charge < -0.3 is 9.67 Å². The van der Waals surface area contributed by atoms with Crippen LogP contribution in [-0.2, 0) is 21.2 Å². The third-order valence-electron chi connectivity index (χ3n) is 4.20. The van der Waals surface area contributed by atoms with Gasteiger partial charge in [-0.2, -0.15) is 0 Å². The number of hydrogen-bond acceptors (Lipinski definition) is 4. The van der Waals surface area contributed by atoms with Gasteiger partial charge in [-0.1, -0.05) is 30.3 Å². The Morgan fingerprint density at radius 2 is 1.79 bits per heavy atom. The molecular weight excluding hydrogens is 330 g/mol. The molecule has 0 bridgehead atoms. The number of rotatable bonds is 6. The average Bonchev–Trinajstić information content (AvgIpc) is 2.53. The van der Waals surface area contributed by atoms with E-state index in [0.29, 0.717) is 0 Å². The molecule has 1 aromatic carbocycles. The molecule has 0 fully saturated rings. The Bertz CT molecular complexity index is 902. The smallest absolute Gasteiger partial charge is 0.324 e. The number of benzene rings is 1. The Morgan fingerprint density at radius 3 is 2.29 bits per heavy atom. The molecule has 0 aliphatic carbocycles.